The Morgan fingerprint density at radius 1 is 1.15 bits per heavy atom. The molecule has 2 saturated heterocycles. The third-order valence-electron chi connectivity index (χ3n) is 3.96. The number of carbonyl (C=O) groups is 1. The third-order valence-corrected chi connectivity index (χ3v) is 3.96. The molecule has 2 amide bonds. The van der Waals surface area contributed by atoms with Gasteiger partial charge >= 0.3 is 6.03 Å². The summed E-state index contributed by atoms with van der Waals surface area (Å²) < 4.78 is 5.32. The highest BCUT2D eigenvalue weighted by molar-refractivity contribution is 5.75. The summed E-state index contributed by atoms with van der Waals surface area (Å²) in [5.41, 5.74) is 1.20. The highest BCUT2D eigenvalue weighted by Gasteiger charge is 2.31. The Morgan fingerprint density at radius 2 is 1.90 bits per heavy atom. The maximum Gasteiger partial charge on any atom is 0.320 e. The van der Waals surface area contributed by atoms with Crippen LogP contribution >= 0.6 is 0 Å². The average molecular weight is 275 g/mol. The number of ether oxygens (including phenoxy) is 1. The van der Waals surface area contributed by atoms with E-state index in [1.807, 2.05) is 28.0 Å². The van der Waals surface area contributed by atoms with E-state index in [0.717, 1.165) is 19.6 Å². The molecule has 1 atom stereocenters. The summed E-state index contributed by atoms with van der Waals surface area (Å²) in [7, 11) is 0. The molecule has 5 nitrogen and oxygen atoms in total. The van der Waals surface area contributed by atoms with E-state index in [0.29, 0.717) is 26.3 Å². The molecular formula is C15H21N3O2. The van der Waals surface area contributed by atoms with Crippen molar-refractivity contribution in [2.45, 2.75) is 6.04 Å². The van der Waals surface area contributed by atoms with Crippen LogP contribution in [0.25, 0.3) is 0 Å². The van der Waals surface area contributed by atoms with Gasteiger partial charge in [0.15, 0.2) is 0 Å². The van der Waals surface area contributed by atoms with Gasteiger partial charge in [-0.05, 0) is 5.56 Å². The summed E-state index contributed by atoms with van der Waals surface area (Å²) in [6.07, 6.45) is 0. The first-order chi connectivity index (χ1) is 9.86. The van der Waals surface area contributed by atoms with Crippen molar-refractivity contribution in [2.75, 3.05) is 45.9 Å². The standard InChI is InChI=1S/C15H21N3O2/c19-15(17-8-10-20-11-9-17)18-7-6-16-12-14(18)13-4-2-1-3-5-13/h1-5,14,16H,6-12H2. The molecule has 0 spiro atoms. The molecule has 3 rings (SSSR count). The van der Waals surface area contributed by atoms with Crippen LogP contribution in [0.5, 0.6) is 0 Å². The molecule has 1 N–H and O–H groups in total. The molecule has 2 fully saturated rings. The zero-order chi connectivity index (χ0) is 13.8. The number of morpholine rings is 1. The van der Waals surface area contributed by atoms with Gasteiger partial charge in [0.1, 0.15) is 0 Å². The molecule has 1 unspecified atom stereocenters. The van der Waals surface area contributed by atoms with Gasteiger partial charge in [-0.25, -0.2) is 4.79 Å². The van der Waals surface area contributed by atoms with Crippen LogP contribution in [0.2, 0.25) is 0 Å². The molecule has 0 bridgehead atoms. The van der Waals surface area contributed by atoms with Crippen molar-refractivity contribution in [1.82, 2.24) is 15.1 Å². The average Bonchev–Trinajstić information content (AvgIpc) is 2.56. The van der Waals surface area contributed by atoms with Gasteiger partial charge < -0.3 is 19.9 Å². The number of nitrogens with zero attached hydrogens (tertiary/aromatic N) is 2. The molecule has 2 aliphatic heterocycles. The first kappa shape index (κ1) is 13.4. The number of hydrogen-bond acceptors (Lipinski definition) is 3. The fraction of sp³-hybridized carbons (Fsp3) is 0.533. The monoisotopic (exact) mass is 275 g/mol. The molecule has 2 heterocycles. The Hall–Kier alpha value is -1.59. The zero-order valence-corrected chi connectivity index (χ0v) is 11.6. The van der Waals surface area contributed by atoms with Gasteiger partial charge in [-0.2, -0.15) is 0 Å². The first-order valence-corrected chi connectivity index (χ1v) is 7.25. The largest absolute Gasteiger partial charge is 0.378 e. The van der Waals surface area contributed by atoms with E-state index in [9.17, 15) is 4.79 Å². The second-order valence-electron chi connectivity index (χ2n) is 5.21. The van der Waals surface area contributed by atoms with E-state index in [-0.39, 0.29) is 12.1 Å². The van der Waals surface area contributed by atoms with Gasteiger partial charge in [-0.15, -0.1) is 0 Å². The highest BCUT2D eigenvalue weighted by atomic mass is 16.5. The Kier molecular flexibility index (Phi) is 4.18. The normalized spacial score (nSPS) is 23.7. The van der Waals surface area contributed by atoms with E-state index in [1.54, 1.807) is 0 Å². The molecule has 0 radical (unpaired) electrons. The number of urea groups is 1. The highest BCUT2D eigenvalue weighted by Crippen LogP contribution is 2.23. The van der Waals surface area contributed by atoms with Crippen LogP contribution in [0.3, 0.4) is 0 Å². The second-order valence-corrected chi connectivity index (χ2v) is 5.21. The van der Waals surface area contributed by atoms with Crippen LogP contribution in [0.1, 0.15) is 11.6 Å². The van der Waals surface area contributed by atoms with Gasteiger partial charge in [0.05, 0.1) is 19.3 Å². The van der Waals surface area contributed by atoms with Crippen molar-refractivity contribution < 1.29 is 9.53 Å². The molecule has 1 aromatic rings. The minimum atomic E-state index is 0.125. The molecule has 20 heavy (non-hydrogen) atoms. The molecule has 0 aliphatic carbocycles. The quantitative estimate of drug-likeness (QED) is 0.834. The van der Waals surface area contributed by atoms with E-state index >= 15 is 0 Å². The van der Waals surface area contributed by atoms with Crippen LogP contribution in [0.15, 0.2) is 30.3 Å². The fourth-order valence-electron chi connectivity index (χ4n) is 2.84. The van der Waals surface area contributed by atoms with Crippen molar-refractivity contribution in [3.63, 3.8) is 0 Å². The molecule has 0 aromatic heterocycles. The van der Waals surface area contributed by atoms with Crippen molar-refractivity contribution in [2.24, 2.45) is 0 Å². The predicted molar refractivity (Wildman–Crippen MR) is 76.5 cm³/mol. The van der Waals surface area contributed by atoms with Crippen molar-refractivity contribution in [3.8, 4) is 0 Å². The number of piperazine rings is 1. The van der Waals surface area contributed by atoms with Gasteiger partial charge in [0.2, 0.25) is 0 Å². The molecule has 108 valence electrons. The van der Waals surface area contributed by atoms with Crippen LogP contribution in [0, 0.1) is 0 Å². The summed E-state index contributed by atoms with van der Waals surface area (Å²) in [5, 5.41) is 3.38. The third kappa shape index (κ3) is 2.78. The lowest BCUT2D eigenvalue weighted by Gasteiger charge is -2.40. The smallest absolute Gasteiger partial charge is 0.320 e. The second kappa shape index (κ2) is 6.24. The Bertz CT molecular complexity index is 446. The van der Waals surface area contributed by atoms with E-state index in [4.69, 9.17) is 4.74 Å². The number of benzene rings is 1. The number of nitrogens with one attached hydrogen (secondary N) is 1. The summed E-state index contributed by atoms with van der Waals surface area (Å²) in [4.78, 5) is 16.6. The minimum Gasteiger partial charge on any atom is -0.378 e. The number of carbonyl (C=O) groups excluding carboxylic acids is 1. The minimum absolute atomic E-state index is 0.125. The van der Waals surface area contributed by atoms with Crippen molar-refractivity contribution >= 4 is 6.03 Å². The van der Waals surface area contributed by atoms with Gasteiger partial charge in [0.25, 0.3) is 0 Å². The number of amides is 2. The summed E-state index contributed by atoms with van der Waals surface area (Å²) >= 11 is 0. The lowest BCUT2D eigenvalue weighted by Crippen LogP contribution is -2.55. The Morgan fingerprint density at radius 3 is 2.65 bits per heavy atom. The summed E-state index contributed by atoms with van der Waals surface area (Å²) in [6, 6.07) is 10.5. The molecular weight excluding hydrogens is 254 g/mol. The first-order valence-electron chi connectivity index (χ1n) is 7.25. The number of rotatable bonds is 1. The van der Waals surface area contributed by atoms with Gasteiger partial charge in [-0.1, -0.05) is 30.3 Å². The zero-order valence-electron chi connectivity index (χ0n) is 11.6. The lowest BCUT2D eigenvalue weighted by molar-refractivity contribution is 0.0368. The van der Waals surface area contributed by atoms with Crippen LogP contribution in [0.4, 0.5) is 4.79 Å². The van der Waals surface area contributed by atoms with Crippen molar-refractivity contribution in [1.29, 1.82) is 0 Å². The van der Waals surface area contributed by atoms with Crippen molar-refractivity contribution in [3.05, 3.63) is 35.9 Å². The van der Waals surface area contributed by atoms with Crippen LogP contribution in [-0.4, -0.2) is 61.8 Å². The maximum absolute atomic E-state index is 12.7. The summed E-state index contributed by atoms with van der Waals surface area (Å²) in [6.45, 7) is 5.13. The fourth-order valence-corrected chi connectivity index (χ4v) is 2.84. The lowest BCUT2D eigenvalue weighted by atomic mass is 10.0. The van der Waals surface area contributed by atoms with Gasteiger partial charge in [0, 0.05) is 32.7 Å². The Labute approximate surface area is 119 Å². The predicted octanol–water partition coefficient (Wildman–Crippen LogP) is 1.09. The molecule has 0 saturated carbocycles. The summed E-state index contributed by atoms with van der Waals surface area (Å²) in [5.74, 6) is 0. The molecule has 5 heteroatoms. The van der Waals surface area contributed by atoms with E-state index in [2.05, 4.69) is 17.4 Å². The van der Waals surface area contributed by atoms with E-state index in [1.165, 1.54) is 5.56 Å². The van der Waals surface area contributed by atoms with Gasteiger partial charge in [-0.3, -0.25) is 0 Å². The SMILES string of the molecule is O=C(N1CCOCC1)N1CCNCC1c1ccccc1. The van der Waals surface area contributed by atoms with Crippen LogP contribution < -0.4 is 5.32 Å². The molecule has 1 aromatic carbocycles. The Balaban J connectivity index is 1.76. The van der Waals surface area contributed by atoms with Crippen LogP contribution in [-0.2, 0) is 4.74 Å². The number of hydrogen-bond donors (Lipinski definition) is 1. The van der Waals surface area contributed by atoms with E-state index < -0.39 is 0 Å². The topological polar surface area (TPSA) is 44.8 Å². The maximum atomic E-state index is 12.7. The molecule has 2 aliphatic rings.